The first kappa shape index (κ1) is 13.2. The van der Waals surface area contributed by atoms with Gasteiger partial charge in [0.15, 0.2) is 0 Å². The second-order valence-electron chi connectivity index (χ2n) is 3.23. The molecule has 0 fully saturated rings. The molecule has 0 radical (unpaired) electrons. The maximum Gasteiger partial charge on any atom is 0.574 e. The molecule has 0 aliphatic heterocycles. The van der Waals surface area contributed by atoms with Gasteiger partial charge in [-0.15, -0.1) is 13.2 Å². The Morgan fingerprint density at radius 2 is 2.12 bits per heavy atom. The number of nitriles is 1. The largest absolute Gasteiger partial charge is 0.574 e. The van der Waals surface area contributed by atoms with Crippen molar-refractivity contribution in [2.45, 2.75) is 26.4 Å². The Morgan fingerprint density at radius 3 is 2.59 bits per heavy atom. The van der Waals surface area contributed by atoms with E-state index in [0.29, 0.717) is 5.56 Å². The Kier molecular flexibility index (Phi) is 3.89. The average molecular weight is 248 g/mol. The van der Waals surface area contributed by atoms with Crippen LogP contribution >= 0.6 is 0 Å². The number of pyridine rings is 1. The lowest BCUT2D eigenvalue weighted by molar-refractivity contribution is -0.276. The van der Waals surface area contributed by atoms with Crippen molar-refractivity contribution in [2.24, 2.45) is 0 Å². The molecule has 0 atom stereocenters. The molecule has 0 bridgehead atoms. The predicted molar refractivity (Wildman–Crippen MR) is 49.8 cm³/mol. The Hall–Kier alpha value is -1.84. The fourth-order valence-electron chi connectivity index (χ4n) is 1.23. The van der Waals surface area contributed by atoms with Crippen LogP contribution in [0, 0.1) is 18.3 Å². The van der Waals surface area contributed by atoms with Crippen LogP contribution in [0.3, 0.4) is 0 Å². The van der Waals surface area contributed by atoms with Crippen LogP contribution < -0.4 is 4.74 Å². The maximum atomic E-state index is 12.5. The van der Waals surface area contributed by atoms with E-state index in [1.807, 2.05) is 0 Å². The molecule has 0 spiro atoms. The molecule has 0 aliphatic rings. The maximum absolute atomic E-state index is 12.5. The van der Waals surface area contributed by atoms with Gasteiger partial charge in [-0.25, -0.2) is 9.37 Å². The summed E-state index contributed by atoms with van der Waals surface area (Å²) in [5.41, 5.74) is 0.234. The summed E-state index contributed by atoms with van der Waals surface area (Å²) < 4.78 is 52.3. The first-order valence-electron chi connectivity index (χ1n) is 4.55. The second kappa shape index (κ2) is 4.99. The summed E-state index contributed by atoms with van der Waals surface area (Å²) in [4.78, 5) is 3.43. The minimum Gasteiger partial charge on any atom is -0.388 e. The lowest BCUT2D eigenvalue weighted by Gasteiger charge is -2.13. The number of aromatic nitrogens is 1. The SMILES string of the molecule is Cc1cc(CC#N)c(OC(F)(F)F)nc1CF. The Balaban J connectivity index is 3.20. The molecule has 17 heavy (non-hydrogen) atoms. The van der Waals surface area contributed by atoms with E-state index in [4.69, 9.17) is 5.26 Å². The van der Waals surface area contributed by atoms with Crippen molar-refractivity contribution in [1.29, 1.82) is 5.26 Å². The summed E-state index contributed by atoms with van der Waals surface area (Å²) in [6, 6.07) is 2.96. The van der Waals surface area contributed by atoms with E-state index < -0.39 is 18.9 Å². The van der Waals surface area contributed by atoms with Crippen molar-refractivity contribution in [3.05, 3.63) is 22.9 Å². The van der Waals surface area contributed by atoms with Gasteiger partial charge in [0.1, 0.15) is 6.67 Å². The summed E-state index contributed by atoms with van der Waals surface area (Å²) in [6.45, 7) is 0.507. The highest BCUT2D eigenvalue weighted by Crippen LogP contribution is 2.26. The predicted octanol–water partition coefficient (Wildman–Crippen LogP) is 2.82. The molecule has 1 rings (SSSR count). The highest BCUT2D eigenvalue weighted by atomic mass is 19.4. The molecule has 1 aromatic rings. The molecule has 0 unspecified atom stereocenters. The number of hydrogen-bond acceptors (Lipinski definition) is 3. The number of rotatable bonds is 3. The number of alkyl halides is 4. The van der Waals surface area contributed by atoms with Gasteiger partial charge in [-0.05, 0) is 18.6 Å². The van der Waals surface area contributed by atoms with Crippen LogP contribution in [-0.4, -0.2) is 11.3 Å². The zero-order valence-electron chi connectivity index (χ0n) is 8.81. The van der Waals surface area contributed by atoms with Crippen molar-refractivity contribution in [1.82, 2.24) is 4.98 Å². The van der Waals surface area contributed by atoms with E-state index in [1.165, 1.54) is 13.0 Å². The van der Waals surface area contributed by atoms with Crippen molar-refractivity contribution in [3.8, 4) is 11.9 Å². The molecular formula is C10H8F4N2O. The van der Waals surface area contributed by atoms with Crippen LogP contribution in [0.2, 0.25) is 0 Å². The normalized spacial score (nSPS) is 11.1. The lowest BCUT2D eigenvalue weighted by atomic mass is 10.1. The molecule has 92 valence electrons. The number of halogens is 4. The quantitative estimate of drug-likeness (QED) is 0.772. The van der Waals surface area contributed by atoms with Crippen LogP contribution in [0.25, 0.3) is 0 Å². The first-order valence-corrected chi connectivity index (χ1v) is 4.55. The van der Waals surface area contributed by atoms with E-state index in [9.17, 15) is 17.6 Å². The van der Waals surface area contributed by atoms with Gasteiger partial charge < -0.3 is 4.74 Å². The molecule has 0 saturated carbocycles. The molecule has 1 heterocycles. The number of ether oxygens (including phenoxy) is 1. The lowest BCUT2D eigenvalue weighted by Crippen LogP contribution is -2.19. The fourth-order valence-corrected chi connectivity index (χ4v) is 1.23. The average Bonchev–Trinajstić information content (AvgIpc) is 2.20. The van der Waals surface area contributed by atoms with E-state index in [2.05, 4.69) is 9.72 Å². The summed E-state index contributed by atoms with van der Waals surface area (Å²) in [5.74, 6) is -0.766. The van der Waals surface area contributed by atoms with E-state index in [0.717, 1.165) is 0 Å². The topological polar surface area (TPSA) is 45.9 Å². The number of aryl methyl sites for hydroxylation is 1. The van der Waals surface area contributed by atoms with Crippen LogP contribution in [0.15, 0.2) is 6.07 Å². The summed E-state index contributed by atoms with van der Waals surface area (Å²) in [7, 11) is 0. The van der Waals surface area contributed by atoms with Crippen molar-refractivity contribution < 1.29 is 22.3 Å². The molecule has 0 saturated heterocycles. The number of nitrogens with zero attached hydrogens (tertiary/aromatic N) is 2. The third-order valence-corrected chi connectivity index (χ3v) is 1.97. The first-order chi connectivity index (χ1) is 7.87. The Morgan fingerprint density at radius 1 is 1.47 bits per heavy atom. The molecule has 3 nitrogen and oxygen atoms in total. The zero-order valence-corrected chi connectivity index (χ0v) is 8.81. The van der Waals surface area contributed by atoms with E-state index >= 15 is 0 Å². The Bertz CT molecular complexity index is 451. The van der Waals surface area contributed by atoms with Gasteiger partial charge in [-0.2, -0.15) is 5.26 Å². The minimum atomic E-state index is -4.92. The van der Waals surface area contributed by atoms with E-state index in [1.54, 1.807) is 6.07 Å². The van der Waals surface area contributed by atoms with Gasteiger partial charge in [0.2, 0.25) is 5.88 Å². The van der Waals surface area contributed by atoms with Gasteiger partial charge in [0, 0.05) is 5.56 Å². The standard InChI is InChI=1S/C10H8F4N2O/c1-6-4-7(2-3-15)9(16-8(6)5-11)17-10(12,13)14/h4H,2,5H2,1H3. The third-order valence-electron chi connectivity index (χ3n) is 1.97. The molecule has 0 aliphatic carbocycles. The molecule has 7 heteroatoms. The molecule has 0 amide bonds. The van der Waals surface area contributed by atoms with E-state index in [-0.39, 0.29) is 17.7 Å². The van der Waals surface area contributed by atoms with Crippen molar-refractivity contribution in [3.63, 3.8) is 0 Å². The Labute approximate surface area is 94.6 Å². The summed E-state index contributed by atoms with van der Waals surface area (Å²) >= 11 is 0. The summed E-state index contributed by atoms with van der Waals surface area (Å²) in [6.07, 6.45) is -5.20. The van der Waals surface area contributed by atoms with Crippen LogP contribution in [0.4, 0.5) is 17.6 Å². The van der Waals surface area contributed by atoms with Gasteiger partial charge in [-0.3, -0.25) is 0 Å². The molecule has 0 N–H and O–H groups in total. The van der Waals surface area contributed by atoms with Crippen molar-refractivity contribution in [2.75, 3.05) is 0 Å². The van der Waals surface area contributed by atoms with Crippen LogP contribution in [0.5, 0.6) is 5.88 Å². The number of hydrogen-bond donors (Lipinski definition) is 0. The van der Waals surface area contributed by atoms with Gasteiger partial charge in [0.25, 0.3) is 0 Å². The molecular weight excluding hydrogens is 240 g/mol. The smallest absolute Gasteiger partial charge is 0.388 e. The minimum absolute atomic E-state index is 0.0143. The highest BCUT2D eigenvalue weighted by Gasteiger charge is 2.33. The van der Waals surface area contributed by atoms with Gasteiger partial charge in [0.05, 0.1) is 18.2 Å². The van der Waals surface area contributed by atoms with Crippen LogP contribution in [0.1, 0.15) is 16.8 Å². The van der Waals surface area contributed by atoms with Crippen LogP contribution in [-0.2, 0) is 13.1 Å². The molecule has 1 aromatic heterocycles. The fraction of sp³-hybridized carbons (Fsp3) is 0.400. The third kappa shape index (κ3) is 3.59. The second-order valence-corrected chi connectivity index (χ2v) is 3.23. The van der Waals surface area contributed by atoms with Gasteiger partial charge >= 0.3 is 6.36 Å². The van der Waals surface area contributed by atoms with Gasteiger partial charge in [-0.1, -0.05) is 0 Å². The zero-order chi connectivity index (χ0) is 13.1. The monoisotopic (exact) mass is 248 g/mol. The van der Waals surface area contributed by atoms with Crippen molar-refractivity contribution >= 4 is 0 Å². The molecule has 0 aromatic carbocycles. The highest BCUT2D eigenvalue weighted by molar-refractivity contribution is 5.35. The summed E-state index contributed by atoms with van der Waals surface area (Å²) in [5, 5.41) is 8.47.